The molecule has 3 rings (SSSR count). The SMILES string of the molecule is CC[C@]1(CC(=O)NC(C)C)CC[C@@H](c2cc(NC(=O)c3cc(COC)nn3C)n[nH]2)C1. The molecule has 9 heteroatoms. The van der Waals surface area contributed by atoms with Crippen LogP contribution in [-0.2, 0) is 23.2 Å². The molecular formula is C22H34N6O3. The number of aromatic amines is 1. The molecule has 0 aromatic carbocycles. The zero-order valence-electron chi connectivity index (χ0n) is 19.1. The first-order valence-corrected chi connectivity index (χ1v) is 10.9. The third kappa shape index (κ3) is 5.52. The first-order chi connectivity index (χ1) is 14.7. The summed E-state index contributed by atoms with van der Waals surface area (Å²) in [5.74, 6) is 0.644. The van der Waals surface area contributed by atoms with Crippen LogP contribution in [0.15, 0.2) is 12.1 Å². The molecule has 1 fully saturated rings. The minimum Gasteiger partial charge on any atom is -0.378 e. The Morgan fingerprint density at radius 1 is 1.39 bits per heavy atom. The van der Waals surface area contributed by atoms with Crippen molar-refractivity contribution in [2.45, 2.75) is 71.4 Å². The van der Waals surface area contributed by atoms with Crippen LogP contribution < -0.4 is 10.6 Å². The van der Waals surface area contributed by atoms with Crippen LogP contribution in [-0.4, -0.2) is 44.9 Å². The van der Waals surface area contributed by atoms with Crippen molar-refractivity contribution in [3.05, 3.63) is 29.2 Å². The van der Waals surface area contributed by atoms with E-state index in [4.69, 9.17) is 4.74 Å². The molecule has 0 saturated heterocycles. The van der Waals surface area contributed by atoms with Gasteiger partial charge in [0.1, 0.15) is 5.69 Å². The van der Waals surface area contributed by atoms with Crippen LogP contribution in [0.3, 0.4) is 0 Å². The number of methoxy groups -OCH3 is 1. The molecule has 1 aliphatic rings. The molecule has 2 atom stereocenters. The van der Waals surface area contributed by atoms with Crippen LogP contribution >= 0.6 is 0 Å². The molecule has 9 nitrogen and oxygen atoms in total. The summed E-state index contributed by atoms with van der Waals surface area (Å²) in [5.41, 5.74) is 2.16. The molecule has 31 heavy (non-hydrogen) atoms. The van der Waals surface area contributed by atoms with Crippen molar-refractivity contribution in [1.29, 1.82) is 0 Å². The zero-order valence-corrected chi connectivity index (χ0v) is 19.1. The Balaban J connectivity index is 1.63. The van der Waals surface area contributed by atoms with Crippen molar-refractivity contribution in [3.63, 3.8) is 0 Å². The van der Waals surface area contributed by atoms with E-state index in [0.29, 0.717) is 36.2 Å². The number of aryl methyl sites for hydroxylation is 1. The Morgan fingerprint density at radius 2 is 2.16 bits per heavy atom. The van der Waals surface area contributed by atoms with Gasteiger partial charge in [0.05, 0.1) is 12.3 Å². The molecule has 170 valence electrons. The standard InChI is InChI=1S/C22H34N6O3/c1-6-22(12-20(29)23-14(2)3)8-7-15(11-22)17-10-19(26-25-17)24-21(30)18-9-16(13-31-5)27-28(18)4/h9-10,14-15H,6-8,11-13H2,1-5H3,(H,23,29)(H2,24,25,26,30)/t15-,22+/m1/s1. The maximum atomic E-state index is 12.6. The summed E-state index contributed by atoms with van der Waals surface area (Å²) < 4.78 is 6.61. The minimum absolute atomic E-state index is 0.0185. The fourth-order valence-electron chi connectivity index (χ4n) is 4.54. The van der Waals surface area contributed by atoms with Gasteiger partial charge in [0, 0.05) is 44.3 Å². The summed E-state index contributed by atoms with van der Waals surface area (Å²) >= 11 is 0. The first kappa shape index (κ1) is 23.0. The number of carbonyl (C=O) groups excluding carboxylic acids is 2. The topological polar surface area (TPSA) is 114 Å². The van der Waals surface area contributed by atoms with E-state index in [2.05, 4.69) is 32.9 Å². The van der Waals surface area contributed by atoms with E-state index in [0.717, 1.165) is 31.4 Å². The van der Waals surface area contributed by atoms with Gasteiger partial charge in [-0.05, 0) is 51.0 Å². The molecule has 1 saturated carbocycles. The Labute approximate surface area is 183 Å². The highest BCUT2D eigenvalue weighted by Gasteiger charge is 2.40. The summed E-state index contributed by atoms with van der Waals surface area (Å²) in [4.78, 5) is 25.0. The van der Waals surface area contributed by atoms with Crippen molar-refractivity contribution >= 4 is 17.6 Å². The van der Waals surface area contributed by atoms with Crippen molar-refractivity contribution in [1.82, 2.24) is 25.3 Å². The van der Waals surface area contributed by atoms with Crippen LogP contribution in [0.5, 0.6) is 0 Å². The lowest BCUT2D eigenvalue weighted by atomic mass is 9.79. The summed E-state index contributed by atoms with van der Waals surface area (Å²) in [6.45, 7) is 6.48. The number of anilines is 1. The van der Waals surface area contributed by atoms with Gasteiger partial charge in [-0.3, -0.25) is 19.4 Å². The summed E-state index contributed by atoms with van der Waals surface area (Å²) in [7, 11) is 3.31. The molecule has 3 N–H and O–H groups in total. The molecule has 2 aromatic heterocycles. The van der Waals surface area contributed by atoms with Gasteiger partial charge in [-0.2, -0.15) is 10.2 Å². The molecule has 0 bridgehead atoms. The molecule has 0 spiro atoms. The van der Waals surface area contributed by atoms with Gasteiger partial charge in [0.15, 0.2) is 5.82 Å². The number of nitrogens with one attached hydrogen (secondary N) is 3. The predicted octanol–water partition coefficient (Wildman–Crippen LogP) is 3.12. The number of ether oxygens (including phenoxy) is 1. The molecule has 2 amide bonds. The number of H-pyrrole nitrogens is 1. The quantitative estimate of drug-likeness (QED) is 0.566. The number of aromatic nitrogens is 4. The van der Waals surface area contributed by atoms with Crippen LogP contribution in [0.25, 0.3) is 0 Å². The predicted molar refractivity (Wildman–Crippen MR) is 118 cm³/mol. The summed E-state index contributed by atoms with van der Waals surface area (Å²) in [5, 5.41) is 17.5. The number of hydrogen-bond donors (Lipinski definition) is 3. The molecule has 0 unspecified atom stereocenters. The smallest absolute Gasteiger partial charge is 0.275 e. The first-order valence-electron chi connectivity index (χ1n) is 10.9. The van der Waals surface area contributed by atoms with E-state index < -0.39 is 0 Å². The van der Waals surface area contributed by atoms with E-state index >= 15 is 0 Å². The monoisotopic (exact) mass is 430 g/mol. The van der Waals surface area contributed by atoms with Crippen molar-refractivity contribution in [2.24, 2.45) is 12.5 Å². The van der Waals surface area contributed by atoms with Crippen LogP contribution in [0.4, 0.5) is 5.82 Å². The Bertz CT molecular complexity index is 918. The van der Waals surface area contributed by atoms with Crippen molar-refractivity contribution < 1.29 is 14.3 Å². The number of amides is 2. The van der Waals surface area contributed by atoms with Crippen LogP contribution in [0.1, 0.15) is 80.7 Å². The zero-order chi connectivity index (χ0) is 22.6. The van der Waals surface area contributed by atoms with Crippen LogP contribution in [0, 0.1) is 5.41 Å². The molecule has 2 aromatic rings. The molecular weight excluding hydrogens is 396 g/mol. The summed E-state index contributed by atoms with van der Waals surface area (Å²) in [6.07, 6.45) is 4.47. The van der Waals surface area contributed by atoms with Gasteiger partial charge in [0.2, 0.25) is 5.91 Å². The summed E-state index contributed by atoms with van der Waals surface area (Å²) in [6, 6.07) is 3.76. The second-order valence-electron chi connectivity index (χ2n) is 8.93. The van der Waals surface area contributed by atoms with E-state index in [1.165, 1.54) is 4.68 Å². The highest BCUT2D eigenvalue weighted by Crippen LogP contribution is 2.50. The fraction of sp³-hybridized carbons (Fsp3) is 0.636. The lowest BCUT2D eigenvalue weighted by molar-refractivity contribution is -0.124. The lowest BCUT2D eigenvalue weighted by Crippen LogP contribution is -2.34. The molecule has 2 heterocycles. The van der Waals surface area contributed by atoms with Crippen LogP contribution in [0.2, 0.25) is 0 Å². The number of nitrogens with zero attached hydrogens (tertiary/aromatic N) is 3. The van der Waals surface area contributed by atoms with Gasteiger partial charge >= 0.3 is 0 Å². The van der Waals surface area contributed by atoms with E-state index in [1.807, 2.05) is 19.9 Å². The van der Waals surface area contributed by atoms with Gasteiger partial charge in [-0.1, -0.05) is 6.92 Å². The van der Waals surface area contributed by atoms with Crippen molar-refractivity contribution in [3.8, 4) is 0 Å². The van der Waals surface area contributed by atoms with E-state index in [9.17, 15) is 9.59 Å². The Morgan fingerprint density at radius 3 is 2.84 bits per heavy atom. The maximum Gasteiger partial charge on any atom is 0.275 e. The second-order valence-corrected chi connectivity index (χ2v) is 8.93. The highest BCUT2D eigenvalue weighted by atomic mass is 16.5. The number of rotatable bonds is 9. The number of hydrogen-bond acceptors (Lipinski definition) is 5. The van der Waals surface area contributed by atoms with Gasteiger partial charge in [-0.15, -0.1) is 0 Å². The van der Waals surface area contributed by atoms with Gasteiger partial charge < -0.3 is 15.4 Å². The molecule has 1 aliphatic carbocycles. The lowest BCUT2D eigenvalue weighted by Gasteiger charge is -2.27. The fourth-order valence-corrected chi connectivity index (χ4v) is 4.54. The van der Waals surface area contributed by atoms with E-state index in [1.54, 1.807) is 20.2 Å². The van der Waals surface area contributed by atoms with Gasteiger partial charge in [0.25, 0.3) is 5.91 Å². The van der Waals surface area contributed by atoms with Gasteiger partial charge in [-0.25, -0.2) is 0 Å². The largest absolute Gasteiger partial charge is 0.378 e. The molecule has 0 aliphatic heterocycles. The third-order valence-electron chi connectivity index (χ3n) is 6.17. The minimum atomic E-state index is -0.268. The second kappa shape index (κ2) is 9.64. The third-order valence-corrected chi connectivity index (χ3v) is 6.17. The maximum absolute atomic E-state index is 12.6. The average molecular weight is 431 g/mol. The Hall–Kier alpha value is -2.68. The normalized spacial score (nSPS) is 20.9. The molecule has 0 radical (unpaired) electrons. The van der Waals surface area contributed by atoms with E-state index in [-0.39, 0.29) is 23.3 Å². The average Bonchev–Trinajstić information content (AvgIpc) is 3.40. The van der Waals surface area contributed by atoms with Crippen molar-refractivity contribution in [2.75, 3.05) is 12.4 Å². The number of carbonyl (C=O) groups is 2. The highest BCUT2D eigenvalue weighted by molar-refractivity contribution is 6.02. The Kier molecular flexibility index (Phi) is 7.15.